The van der Waals surface area contributed by atoms with Gasteiger partial charge in [0.15, 0.2) is 0 Å². The first-order chi connectivity index (χ1) is 18.3. The smallest absolute Gasteiger partial charge is 0.245 e. The van der Waals surface area contributed by atoms with E-state index in [-0.39, 0.29) is 53.4 Å². The minimum absolute atomic E-state index is 0.0148. The number of hydrogen-bond acceptors (Lipinski definition) is 3. The van der Waals surface area contributed by atoms with Crippen molar-refractivity contribution in [1.29, 1.82) is 0 Å². The predicted octanol–water partition coefficient (Wildman–Crippen LogP) is 4.72. The minimum atomic E-state index is -0.538. The zero-order valence-corrected chi connectivity index (χ0v) is 22.8. The Morgan fingerprint density at radius 1 is 1.08 bits per heavy atom. The summed E-state index contributed by atoms with van der Waals surface area (Å²) in [5.74, 6) is -0.395. The fourth-order valence-electron chi connectivity index (χ4n) is 6.94. The number of carbonyl (C=O) groups is 3. The molecule has 2 aliphatic heterocycles. The Morgan fingerprint density at radius 3 is 2.55 bits per heavy atom. The molecule has 3 fully saturated rings. The summed E-state index contributed by atoms with van der Waals surface area (Å²) in [5.41, 5.74) is 1.76. The Labute approximate surface area is 224 Å². The summed E-state index contributed by atoms with van der Waals surface area (Å²) in [6.07, 6.45) is 7.07. The number of likely N-dealkylation sites (tertiary alicyclic amines) is 2. The Balaban J connectivity index is 1.48. The van der Waals surface area contributed by atoms with Crippen LogP contribution < -0.4 is 5.32 Å². The lowest BCUT2D eigenvalue weighted by molar-refractivity contribution is -0.140. The maximum atomic E-state index is 14.3. The third kappa shape index (κ3) is 4.94. The van der Waals surface area contributed by atoms with E-state index in [4.69, 9.17) is 0 Å². The van der Waals surface area contributed by atoms with Crippen LogP contribution in [0.4, 0.5) is 4.39 Å². The highest BCUT2D eigenvalue weighted by atomic mass is 19.1. The molecule has 0 unspecified atom stereocenters. The molecule has 5 rings (SSSR count). The molecule has 7 nitrogen and oxygen atoms in total. The number of nitrogens with zero attached hydrogens (tertiary/aromatic N) is 2. The van der Waals surface area contributed by atoms with Crippen LogP contribution in [0, 0.1) is 17.7 Å². The van der Waals surface area contributed by atoms with E-state index in [0.717, 1.165) is 55.1 Å². The van der Waals surface area contributed by atoms with E-state index in [1.54, 1.807) is 6.07 Å². The third-order valence-corrected chi connectivity index (χ3v) is 9.28. The van der Waals surface area contributed by atoms with Crippen LogP contribution in [0.25, 0.3) is 10.9 Å². The minimum Gasteiger partial charge on any atom is -0.358 e. The molecule has 2 aromatic rings. The van der Waals surface area contributed by atoms with Crippen LogP contribution in [0.15, 0.2) is 24.3 Å². The second-order valence-electron chi connectivity index (χ2n) is 11.5. The number of rotatable bonds is 7. The molecule has 38 heavy (non-hydrogen) atoms. The molecule has 1 aromatic carbocycles. The van der Waals surface area contributed by atoms with E-state index in [0.29, 0.717) is 19.5 Å². The molecule has 0 radical (unpaired) electrons. The van der Waals surface area contributed by atoms with Gasteiger partial charge in [-0.3, -0.25) is 14.4 Å². The molecule has 206 valence electrons. The van der Waals surface area contributed by atoms with Crippen molar-refractivity contribution in [3.63, 3.8) is 0 Å². The highest BCUT2D eigenvalue weighted by molar-refractivity contribution is 5.89. The Bertz CT molecular complexity index is 1190. The van der Waals surface area contributed by atoms with Crippen LogP contribution in [0.5, 0.6) is 0 Å². The molecule has 2 N–H and O–H groups in total. The number of aromatic nitrogens is 1. The average molecular weight is 525 g/mol. The molecule has 1 aliphatic carbocycles. The SMILES string of the molecule is CCC(=O)N1C[C@H](c2cc3cc(F)ccc3[nH]2)[C@@H]2[C@H]1CCN2C(=O)[C@@H](NC(=O)[C@H](C)CC)C1CCCCC1. The van der Waals surface area contributed by atoms with Crippen molar-refractivity contribution in [3.05, 3.63) is 35.8 Å². The van der Waals surface area contributed by atoms with Crippen LogP contribution in [0.2, 0.25) is 0 Å². The van der Waals surface area contributed by atoms with E-state index in [1.165, 1.54) is 18.6 Å². The second-order valence-corrected chi connectivity index (χ2v) is 11.5. The van der Waals surface area contributed by atoms with Crippen molar-refractivity contribution in [1.82, 2.24) is 20.1 Å². The summed E-state index contributed by atoms with van der Waals surface area (Å²) in [5, 5.41) is 3.95. The summed E-state index contributed by atoms with van der Waals surface area (Å²) in [6, 6.07) is 5.87. The van der Waals surface area contributed by atoms with Crippen molar-refractivity contribution in [2.24, 2.45) is 11.8 Å². The number of halogens is 1. The molecule has 3 aliphatic rings. The quantitative estimate of drug-likeness (QED) is 0.550. The van der Waals surface area contributed by atoms with E-state index >= 15 is 0 Å². The van der Waals surface area contributed by atoms with Gasteiger partial charge < -0.3 is 20.1 Å². The van der Waals surface area contributed by atoms with E-state index < -0.39 is 6.04 Å². The van der Waals surface area contributed by atoms with Crippen LogP contribution >= 0.6 is 0 Å². The lowest BCUT2D eigenvalue weighted by atomic mass is 9.82. The summed E-state index contributed by atoms with van der Waals surface area (Å²) in [4.78, 5) is 47.6. The van der Waals surface area contributed by atoms with Crippen LogP contribution in [0.3, 0.4) is 0 Å². The highest BCUT2D eigenvalue weighted by Gasteiger charge is 2.53. The molecule has 1 saturated carbocycles. The van der Waals surface area contributed by atoms with Gasteiger partial charge in [-0.25, -0.2) is 4.39 Å². The molecule has 2 saturated heterocycles. The van der Waals surface area contributed by atoms with Gasteiger partial charge in [0.05, 0.1) is 12.1 Å². The normalized spacial score (nSPS) is 25.4. The van der Waals surface area contributed by atoms with Gasteiger partial charge in [0.2, 0.25) is 17.7 Å². The van der Waals surface area contributed by atoms with Crippen molar-refractivity contribution in [3.8, 4) is 0 Å². The van der Waals surface area contributed by atoms with Gasteiger partial charge in [-0.1, -0.05) is 40.0 Å². The Morgan fingerprint density at radius 2 is 1.84 bits per heavy atom. The number of aromatic amines is 1. The first-order valence-corrected chi connectivity index (χ1v) is 14.5. The molecule has 3 heterocycles. The lowest BCUT2D eigenvalue weighted by Crippen LogP contribution is -2.55. The first-order valence-electron chi connectivity index (χ1n) is 14.5. The standard InChI is InChI=1S/C30H41FN4O3/c1-4-18(3)29(37)33-27(19-9-7-6-8-10-19)30(38)34-14-13-25-28(34)22(17-35(25)26(36)5-2)24-16-20-15-21(31)11-12-23(20)32-24/h11-12,15-16,18-19,22,25,27-28,32H,4-10,13-14,17H2,1-3H3,(H,33,37)/t18-,22-,25-,27+,28-/m1/s1. The maximum absolute atomic E-state index is 14.3. The average Bonchev–Trinajstić information content (AvgIpc) is 3.64. The molecular formula is C30H41FN4O3. The number of hydrogen-bond donors (Lipinski definition) is 2. The number of amides is 3. The number of benzene rings is 1. The van der Waals surface area contributed by atoms with E-state index in [2.05, 4.69) is 10.3 Å². The largest absolute Gasteiger partial charge is 0.358 e. The van der Waals surface area contributed by atoms with Gasteiger partial charge >= 0.3 is 0 Å². The predicted molar refractivity (Wildman–Crippen MR) is 145 cm³/mol. The number of fused-ring (bicyclic) bond motifs is 2. The lowest BCUT2D eigenvalue weighted by Gasteiger charge is -2.36. The summed E-state index contributed by atoms with van der Waals surface area (Å²) < 4.78 is 13.9. The van der Waals surface area contributed by atoms with Crippen molar-refractivity contribution < 1.29 is 18.8 Å². The van der Waals surface area contributed by atoms with Gasteiger partial charge in [0.1, 0.15) is 11.9 Å². The molecule has 5 atom stereocenters. The second kappa shape index (κ2) is 11.1. The fourth-order valence-corrected chi connectivity index (χ4v) is 6.94. The van der Waals surface area contributed by atoms with Crippen molar-refractivity contribution >= 4 is 28.6 Å². The number of nitrogens with one attached hydrogen (secondary N) is 2. The van der Waals surface area contributed by atoms with Gasteiger partial charge in [-0.2, -0.15) is 0 Å². The molecule has 8 heteroatoms. The molecule has 3 amide bonds. The Hall–Kier alpha value is -2.90. The van der Waals surface area contributed by atoms with E-state index in [1.807, 2.05) is 36.6 Å². The first kappa shape index (κ1) is 26.7. The third-order valence-electron chi connectivity index (χ3n) is 9.28. The van der Waals surface area contributed by atoms with Gasteiger partial charge in [-0.05, 0) is 55.9 Å². The molecule has 1 aromatic heterocycles. The summed E-state index contributed by atoms with van der Waals surface area (Å²) in [7, 11) is 0. The van der Waals surface area contributed by atoms with Crippen LogP contribution in [0.1, 0.15) is 83.7 Å². The summed E-state index contributed by atoms with van der Waals surface area (Å²) >= 11 is 0. The van der Waals surface area contributed by atoms with Crippen molar-refractivity contribution in [2.75, 3.05) is 13.1 Å². The fraction of sp³-hybridized carbons (Fsp3) is 0.633. The topological polar surface area (TPSA) is 85.5 Å². The van der Waals surface area contributed by atoms with Gasteiger partial charge in [0.25, 0.3) is 0 Å². The zero-order chi connectivity index (χ0) is 27.0. The van der Waals surface area contributed by atoms with Crippen LogP contribution in [-0.4, -0.2) is 63.7 Å². The zero-order valence-electron chi connectivity index (χ0n) is 22.8. The van der Waals surface area contributed by atoms with E-state index in [9.17, 15) is 18.8 Å². The molecular weight excluding hydrogens is 483 g/mol. The monoisotopic (exact) mass is 524 g/mol. The van der Waals surface area contributed by atoms with Gasteiger partial charge in [-0.15, -0.1) is 0 Å². The van der Waals surface area contributed by atoms with Crippen LogP contribution in [-0.2, 0) is 14.4 Å². The molecule has 0 bridgehead atoms. The summed E-state index contributed by atoms with van der Waals surface area (Å²) in [6.45, 7) is 6.85. The van der Waals surface area contributed by atoms with Gasteiger partial charge in [0, 0.05) is 47.9 Å². The van der Waals surface area contributed by atoms with Crippen molar-refractivity contribution in [2.45, 2.75) is 96.2 Å². The number of H-pyrrole nitrogens is 1. The number of carbonyl (C=O) groups excluding carboxylic acids is 3. The Kier molecular flexibility index (Phi) is 7.78. The molecule has 0 spiro atoms. The maximum Gasteiger partial charge on any atom is 0.245 e. The highest BCUT2D eigenvalue weighted by Crippen LogP contribution is 2.42.